The van der Waals surface area contributed by atoms with Crippen LogP contribution in [0.15, 0.2) is 36.4 Å². The van der Waals surface area contributed by atoms with Crippen molar-refractivity contribution >= 4 is 0 Å². The van der Waals surface area contributed by atoms with E-state index in [0.29, 0.717) is 18.1 Å². The van der Waals surface area contributed by atoms with E-state index in [9.17, 15) is 4.39 Å². The maximum atomic E-state index is 13.2. The summed E-state index contributed by atoms with van der Waals surface area (Å²) < 4.78 is 25.9. The Balaban J connectivity index is 1.35. The molecule has 0 saturated carbocycles. The van der Waals surface area contributed by atoms with Crippen molar-refractivity contribution in [1.29, 1.82) is 0 Å². The van der Waals surface area contributed by atoms with Crippen LogP contribution in [0.25, 0.3) is 11.3 Å². The monoisotopic (exact) mass is 399 g/mol. The van der Waals surface area contributed by atoms with Crippen LogP contribution in [-0.2, 0) is 24.9 Å². The van der Waals surface area contributed by atoms with Crippen molar-refractivity contribution in [3.8, 4) is 17.1 Å². The Hall–Kier alpha value is -2.95. The number of ether oxygens (including phenoxy) is 2. The SMILES string of the molecule is Cn1nnc(-c2ccc(F)cc2)c1COc1ccc(CNN2CCOCC2)nn1. The lowest BCUT2D eigenvalue weighted by atomic mass is 10.1. The largest absolute Gasteiger partial charge is 0.470 e. The molecule has 9 nitrogen and oxygen atoms in total. The van der Waals surface area contributed by atoms with Crippen LogP contribution in [0.5, 0.6) is 5.88 Å². The molecule has 152 valence electrons. The van der Waals surface area contributed by atoms with E-state index in [1.807, 2.05) is 6.07 Å². The highest BCUT2D eigenvalue weighted by atomic mass is 19.1. The molecule has 0 spiro atoms. The first-order valence-electron chi connectivity index (χ1n) is 9.35. The molecule has 29 heavy (non-hydrogen) atoms. The van der Waals surface area contributed by atoms with Crippen molar-refractivity contribution < 1.29 is 13.9 Å². The van der Waals surface area contributed by atoms with Gasteiger partial charge in [-0.15, -0.1) is 10.2 Å². The third-order valence-corrected chi connectivity index (χ3v) is 4.61. The summed E-state index contributed by atoms with van der Waals surface area (Å²) in [5.41, 5.74) is 6.31. The number of halogens is 1. The number of aromatic nitrogens is 5. The van der Waals surface area contributed by atoms with Gasteiger partial charge in [0, 0.05) is 31.8 Å². The van der Waals surface area contributed by atoms with Gasteiger partial charge in [-0.25, -0.2) is 19.5 Å². The topological polar surface area (TPSA) is 90.2 Å². The fourth-order valence-electron chi connectivity index (χ4n) is 2.95. The van der Waals surface area contributed by atoms with Gasteiger partial charge in [0.15, 0.2) is 0 Å². The van der Waals surface area contributed by atoms with Crippen LogP contribution in [0, 0.1) is 5.82 Å². The molecule has 3 aromatic rings. The summed E-state index contributed by atoms with van der Waals surface area (Å²) >= 11 is 0. The predicted octanol–water partition coefficient (Wildman–Crippen LogP) is 1.33. The second-order valence-electron chi connectivity index (χ2n) is 6.60. The van der Waals surface area contributed by atoms with E-state index < -0.39 is 0 Å². The molecule has 1 N–H and O–H groups in total. The van der Waals surface area contributed by atoms with E-state index in [0.717, 1.165) is 43.3 Å². The highest BCUT2D eigenvalue weighted by Gasteiger charge is 2.14. The Kier molecular flexibility index (Phi) is 6.03. The number of aryl methyl sites for hydroxylation is 1. The molecule has 1 aliphatic heterocycles. The Morgan fingerprint density at radius 1 is 1.07 bits per heavy atom. The van der Waals surface area contributed by atoms with Gasteiger partial charge in [0.2, 0.25) is 5.88 Å². The second-order valence-corrected chi connectivity index (χ2v) is 6.60. The summed E-state index contributed by atoms with van der Waals surface area (Å²) in [6, 6.07) is 9.77. The number of morpholine rings is 1. The van der Waals surface area contributed by atoms with Crippen LogP contribution >= 0.6 is 0 Å². The highest BCUT2D eigenvalue weighted by molar-refractivity contribution is 5.61. The zero-order valence-electron chi connectivity index (χ0n) is 16.1. The van der Waals surface area contributed by atoms with Crippen molar-refractivity contribution in [2.45, 2.75) is 13.2 Å². The molecular weight excluding hydrogens is 377 g/mol. The average Bonchev–Trinajstić information content (AvgIpc) is 3.13. The molecule has 0 bridgehead atoms. The van der Waals surface area contributed by atoms with E-state index in [2.05, 4.69) is 30.9 Å². The number of nitrogens with zero attached hydrogens (tertiary/aromatic N) is 6. The molecule has 3 heterocycles. The molecule has 0 amide bonds. The Bertz CT molecular complexity index is 925. The van der Waals surface area contributed by atoms with E-state index in [1.54, 1.807) is 29.9 Å². The van der Waals surface area contributed by atoms with Gasteiger partial charge in [-0.3, -0.25) is 0 Å². The molecular formula is C19H22FN7O2. The molecule has 1 fully saturated rings. The number of hydrogen-bond donors (Lipinski definition) is 1. The van der Waals surface area contributed by atoms with Crippen molar-refractivity contribution in [3.63, 3.8) is 0 Å². The summed E-state index contributed by atoms with van der Waals surface area (Å²) in [6.45, 7) is 3.97. The first kappa shape index (κ1) is 19.4. The first-order chi connectivity index (χ1) is 14.2. The number of hydrogen-bond acceptors (Lipinski definition) is 8. The lowest BCUT2D eigenvalue weighted by molar-refractivity contribution is 0.0103. The third-order valence-electron chi connectivity index (χ3n) is 4.61. The molecule has 4 rings (SSSR count). The molecule has 0 radical (unpaired) electrons. The number of benzene rings is 1. The maximum absolute atomic E-state index is 13.2. The fourth-order valence-corrected chi connectivity index (χ4v) is 2.95. The minimum Gasteiger partial charge on any atom is -0.470 e. The fraction of sp³-hybridized carbons (Fsp3) is 0.368. The molecule has 10 heteroatoms. The first-order valence-corrected chi connectivity index (χ1v) is 9.35. The van der Waals surface area contributed by atoms with Gasteiger partial charge in [-0.1, -0.05) is 5.21 Å². The van der Waals surface area contributed by atoms with Crippen molar-refractivity contribution in [3.05, 3.63) is 53.6 Å². The summed E-state index contributed by atoms with van der Waals surface area (Å²) in [5.74, 6) is 0.111. The van der Waals surface area contributed by atoms with Gasteiger partial charge in [-0.2, -0.15) is 5.10 Å². The van der Waals surface area contributed by atoms with Gasteiger partial charge >= 0.3 is 0 Å². The number of rotatable bonds is 7. The van der Waals surface area contributed by atoms with Crippen LogP contribution < -0.4 is 10.2 Å². The summed E-state index contributed by atoms with van der Waals surface area (Å²) in [5, 5.41) is 18.7. The quantitative estimate of drug-likeness (QED) is 0.636. The van der Waals surface area contributed by atoms with Crippen molar-refractivity contribution in [1.82, 2.24) is 35.6 Å². The lowest BCUT2D eigenvalue weighted by Gasteiger charge is -2.26. The Morgan fingerprint density at radius 2 is 1.86 bits per heavy atom. The Labute approximate surface area is 167 Å². The lowest BCUT2D eigenvalue weighted by Crippen LogP contribution is -2.45. The van der Waals surface area contributed by atoms with E-state index in [4.69, 9.17) is 9.47 Å². The van der Waals surface area contributed by atoms with Crippen LogP contribution in [-0.4, -0.2) is 56.5 Å². The maximum Gasteiger partial charge on any atom is 0.233 e. The zero-order chi connectivity index (χ0) is 20.1. The molecule has 1 aliphatic rings. The summed E-state index contributed by atoms with van der Waals surface area (Å²) in [7, 11) is 1.78. The van der Waals surface area contributed by atoms with E-state index in [1.165, 1.54) is 12.1 Å². The molecule has 0 atom stereocenters. The zero-order valence-corrected chi connectivity index (χ0v) is 16.1. The van der Waals surface area contributed by atoms with Crippen LogP contribution in [0.3, 0.4) is 0 Å². The van der Waals surface area contributed by atoms with Gasteiger partial charge in [0.25, 0.3) is 0 Å². The van der Waals surface area contributed by atoms with Crippen LogP contribution in [0.2, 0.25) is 0 Å². The predicted molar refractivity (Wildman–Crippen MR) is 102 cm³/mol. The molecule has 1 saturated heterocycles. The van der Waals surface area contributed by atoms with Gasteiger partial charge in [-0.05, 0) is 30.3 Å². The highest BCUT2D eigenvalue weighted by Crippen LogP contribution is 2.22. The minimum atomic E-state index is -0.297. The van der Waals surface area contributed by atoms with Crippen molar-refractivity contribution in [2.24, 2.45) is 7.05 Å². The molecule has 1 aromatic carbocycles. The summed E-state index contributed by atoms with van der Waals surface area (Å²) in [6.07, 6.45) is 0. The van der Waals surface area contributed by atoms with E-state index in [-0.39, 0.29) is 12.4 Å². The van der Waals surface area contributed by atoms with Gasteiger partial charge < -0.3 is 9.47 Å². The van der Waals surface area contributed by atoms with Crippen molar-refractivity contribution in [2.75, 3.05) is 26.3 Å². The molecule has 0 unspecified atom stereocenters. The van der Waals surface area contributed by atoms with Gasteiger partial charge in [0.1, 0.15) is 23.8 Å². The van der Waals surface area contributed by atoms with Crippen LogP contribution in [0.1, 0.15) is 11.4 Å². The Morgan fingerprint density at radius 3 is 2.59 bits per heavy atom. The number of nitrogens with one attached hydrogen (secondary N) is 1. The van der Waals surface area contributed by atoms with Crippen LogP contribution in [0.4, 0.5) is 4.39 Å². The molecule has 2 aromatic heterocycles. The number of hydrazine groups is 1. The van der Waals surface area contributed by atoms with E-state index >= 15 is 0 Å². The standard InChI is InChI=1S/C19H22FN7O2/c1-26-17(19(24-25-26)14-2-4-15(20)5-3-14)13-29-18-7-6-16(22-23-18)12-21-27-8-10-28-11-9-27/h2-7,21H,8-13H2,1H3. The second kappa shape index (κ2) is 9.03. The third kappa shape index (κ3) is 4.91. The normalized spacial score (nSPS) is 14.8. The van der Waals surface area contributed by atoms with Gasteiger partial charge in [0.05, 0.1) is 25.5 Å². The minimum absolute atomic E-state index is 0.219. The molecule has 0 aliphatic carbocycles. The smallest absolute Gasteiger partial charge is 0.233 e. The summed E-state index contributed by atoms with van der Waals surface area (Å²) in [4.78, 5) is 0. The average molecular weight is 399 g/mol.